The Bertz CT molecular complexity index is 1460. The average molecular weight is 1600 g/mol. The van der Waals surface area contributed by atoms with Gasteiger partial charge in [-0.05, 0) is 195 Å². The molecule has 111 heavy (non-hydrogen) atoms. The quantitative estimate of drug-likeness (QED) is 0.0272. The largest absolute Gasteiger partial charge is 0.469 e. The molecule has 0 radical (unpaired) electrons. The number of carbonyl (C=O) groups excluding carboxylic acids is 3. The van der Waals surface area contributed by atoms with Crippen LogP contribution in [0, 0.1) is 29.6 Å². The van der Waals surface area contributed by atoms with E-state index >= 15 is 0 Å². The Morgan fingerprint density at radius 3 is 1.11 bits per heavy atom. The third-order valence-electron chi connectivity index (χ3n) is 14.1. The number of piperazine rings is 1. The molecular weight excluding hydrogens is 1370 g/mol. The SMILES string of the molecule is C=CC(=O)CCCC(=O)CC(C)C.CC(C)CCCN1CCCCC1.CC(C)CCCNCCO.CC(C)CNC(C)C.CCC.CCC.CCC.CCC.CCC.CCC.CCC.CCC.CCC.CCCC(C)C.CCCN(CCO)C(C)C.CCCN1CCN(C(C)C)CC1.COC(=O)CCN(C(C)C)C(C)C. The molecule has 0 unspecified atom stereocenters. The van der Waals surface area contributed by atoms with Crippen LogP contribution in [-0.2, 0) is 19.1 Å². The molecule has 0 aliphatic carbocycles. The van der Waals surface area contributed by atoms with Gasteiger partial charge in [0.15, 0.2) is 5.78 Å². The van der Waals surface area contributed by atoms with E-state index in [1.165, 1.54) is 188 Å². The molecule has 688 valence electrons. The first-order valence-corrected chi connectivity index (χ1v) is 47.3. The zero-order valence-corrected chi connectivity index (χ0v) is 85.3. The number of allylic oxidation sites excluding steroid dienone is 1. The van der Waals surface area contributed by atoms with Crippen molar-refractivity contribution in [3.63, 3.8) is 0 Å². The second-order valence-corrected chi connectivity index (χ2v) is 33.2. The van der Waals surface area contributed by atoms with Crippen molar-refractivity contribution >= 4 is 17.5 Å². The van der Waals surface area contributed by atoms with Crippen molar-refractivity contribution in [1.29, 1.82) is 0 Å². The predicted octanol–water partition coefficient (Wildman–Crippen LogP) is 27.5. The highest BCUT2D eigenvalue weighted by molar-refractivity contribution is 5.89. The van der Waals surface area contributed by atoms with E-state index < -0.39 is 0 Å². The summed E-state index contributed by atoms with van der Waals surface area (Å²) < 4.78 is 4.59. The molecule has 2 aliphatic rings. The lowest BCUT2D eigenvalue weighted by Crippen LogP contribution is -2.48. The molecule has 0 aromatic rings. The van der Waals surface area contributed by atoms with Crippen LogP contribution in [0.1, 0.15) is 444 Å². The van der Waals surface area contributed by atoms with Gasteiger partial charge in [0.05, 0.1) is 26.7 Å². The fraction of sp³-hybridized carbons (Fsp3) is 0.949. The molecule has 0 spiro atoms. The molecule has 2 rings (SSSR count). The number of Topliss-reactive ketones (excluding diaryl/α,β-unsaturated/α-hetero) is 1. The number of carbonyl (C=O) groups is 3. The summed E-state index contributed by atoms with van der Waals surface area (Å²) >= 11 is 0. The summed E-state index contributed by atoms with van der Waals surface area (Å²) in [6, 6.07) is 2.88. The van der Waals surface area contributed by atoms with Gasteiger partial charge in [0, 0.05) is 95.3 Å². The summed E-state index contributed by atoms with van der Waals surface area (Å²) in [5.74, 6) is 3.93. The van der Waals surface area contributed by atoms with Crippen molar-refractivity contribution in [1.82, 2.24) is 35.1 Å². The first kappa shape index (κ1) is 144. The number of piperidine rings is 1. The normalized spacial score (nSPS) is 11.9. The lowest BCUT2D eigenvalue weighted by atomic mass is 10.0. The van der Waals surface area contributed by atoms with Crippen molar-refractivity contribution in [2.24, 2.45) is 29.6 Å². The number of aliphatic hydroxyl groups excluding tert-OH is 2. The van der Waals surface area contributed by atoms with E-state index in [9.17, 15) is 14.4 Å². The molecule has 0 saturated carbocycles. The average Bonchev–Trinajstić information content (AvgIpc) is 0.875. The smallest absolute Gasteiger partial charge is 0.306 e. The number of likely N-dealkylation sites (tertiary alicyclic amines) is 1. The molecular formula is C98H225N7O6. The maximum Gasteiger partial charge on any atom is 0.306 e. The van der Waals surface area contributed by atoms with Gasteiger partial charge in [-0.3, -0.25) is 29.1 Å². The van der Waals surface area contributed by atoms with Crippen molar-refractivity contribution in [3.05, 3.63) is 12.7 Å². The zero-order chi connectivity index (χ0) is 90.2. The number of nitrogens with zero attached hydrogens (tertiary/aromatic N) is 5. The van der Waals surface area contributed by atoms with E-state index in [0.29, 0.717) is 62.2 Å². The highest BCUT2D eigenvalue weighted by atomic mass is 16.5. The topological polar surface area (TPSA) is 141 Å². The number of ketones is 2. The molecule has 0 bridgehead atoms. The first-order chi connectivity index (χ1) is 52.2. The molecule has 13 nitrogen and oxygen atoms in total. The van der Waals surface area contributed by atoms with E-state index in [4.69, 9.17) is 10.2 Å². The van der Waals surface area contributed by atoms with Gasteiger partial charge in [-0.25, -0.2) is 0 Å². The molecule has 0 aromatic carbocycles. The minimum absolute atomic E-state index is 0.0253. The minimum Gasteiger partial charge on any atom is -0.469 e. The maximum atomic E-state index is 11.2. The molecule has 0 amide bonds. The fourth-order valence-corrected chi connectivity index (χ4v) is 9.21. The van der Waals surface area contributed by atoms with Crippen LogP contribution in [-0.4, -0.2) is 194 Å². The van der Waals surface area contributed by atoms with Crippen LogP contribution in [0.5, 0.6) is 0 Å². The second-order valence-electron chi connectivity index (χ2n) is 33.2. The van der Waals surface area contributed by atoms with Crippen molar-refractivity contribution < 1.29 is 29.3 Å². The van der Waals surface area contributed by atoms with Gasteiger partial charge in [0.1, 0.15) is 5.78 Å². The Morgan fingerprint density at radius 1 is 0.423 bits per heavy atom. The van der Waals surface area contributed by atoms with Gasteiger partial charge in [-0.2, -0.15) is 0 Å². The fourth-order valence-electron chi connectivity index (χ4n) is 9.21. The highest BCUT2D eigenvalue weighted by Crippen LogP contribution is 2.12. The molecule has 2 heterocycles. The number of ether oxygens (including phenoxy) is 1. The standard InChI is InChI=1S/C11H23N.C11H18O2.C10H22N2.C10H21NO2.2C8H19NO.C7H17N.C6H14.9C3H8/c1-11(2)7-6-10-12-8-4-3-5-9-12;1-4-10(12)6-5-7-11(13)8-9(2)3;1-4-5-11-6-8-12(9-7-11)10(2)3;1-8(2)11(9(3)4)7-6-10(12)13-5;1-8(2)4-3-5-9-6-7-10;1-4-5-9(6-7-10)8(2)3;1-6(2)5-8-7(3)4;1-4-5-6(2)3;9*1-3-2/h11H,3-10H2,1-2H3;4,9H,1,5-8H2,2-3H3;10H,4-9H2,1-3H3;8-9H,6-7H2,1-5H3;8-10H,3-7H2,1-2H3;8,10H,4-7H2,1-3H3;6-8H,5H2,1-4H3;6H,4-5H2,1-3H3;9*3H2,1-2H3. The number of nitrogens with one attached hydrogen (secondary N) is 2. The number of hydrogen-bond donors (Lipinski definition) is 4. The monoisotopic (exact) mass is 1600 g/mol. The highest BCUT2D eigenvalue weighted by Gasteiger charge is 2.18. The maximum absolute atomic E-state index is 11.2. The van der Waals surface area contributed by atoms with Crippen LogP contribution in [0.15, 0.2) is 12.7 Å². The van der Waals surface area contributed by atoms with Crippen LogP contribution in [0.2, 0.25) is 0 Å². The number of aliphatic hydroxyl groups is 2. The van der Waals surface area contributed by atoms with Crippen LogP contribution < -0.4 is 10.6 Å². The molecule has 0 atom stereocenters. The van der Waals surface area contributed by atoms with Crippen LogP contribution in [0.4, 0.5) is 0 Å². The minimum atomic E-state index is -0.133. The molecule has 13 heteroatoms. The lowest BCUT2D eigenvalue weighted by molar-refractivity contribution is -0.141. The van der Waals surface area contributed by atoms with E-state index in [-0.39, 0.29) is 30.7 Å². The van der Waals surface area contributed by atoms with E-state index in [0.717, 1.165) is 75.4 Å². The number of methoxy groups -OCH3 is 1. The summed E-state index contributed by atoms with van der Waals surface area (Å²) in [5.41, 5.74) is 0. The summed E-state index contributed by atoms with van der Waals surface area (Å²) in [4.78, 5) is 45.2. The summed E-state index contributed by atoms with van der Waals surface area (Å²) in [5, 5.41) is 23.6. The Hall–Kier alpha value is -1.81. The van der Waals surface area contributed by atoms with Crippen molar-refractivity contribution in [2.45, 2.75) is 475 Å². The van der Waals surface area contributed by atoms with Gasteiger partial charge in [0.25, 0.3) is 0 Å². The first-order valence-electron chi connectivity index (χ1n) is 47.3. The van der Waals surface area contributed by atoms with Crippen LogP contribution in [0.25, 0.3) is 0 Å². The van der Waals surface area contributed by atoms with Gasteiger partial charge in [-0.1, -0.05) is 312 Å². The Kier molecular flexibility index (Phi) is 171. The van der Waals surface area contributed by atoms with Gasteiger partial charge in [-0.15, -0.1) is 0 Å². The zero-order valence-electron chi connectivity index (χ0n) is 85.3. The Morgan fingerprint density at radius 2 is 0.829 bits per heavy atom. The second kappa shape index (κ2) is 132. The van der Waals surface area contributed by atoms with Crippen molar-refractivity contribution in [2.75, 3.05) is 112 Å². The van der Waals surface area contributed by atoms with E-state index in [1.54, 1.807) is 0 Å². The van der Waals surface area contributed by atoms with E-state index in [2.05, 4.69) is 316 Å². The Labute approximate surface area is 707 Å². The number of esters is 1. The molecule has 2 fully saturated rings. The molecule has 0 aromatic heterocycles. The van der Waals surface area contributed by atoms with Crippen molar-refractivity contribution in [3.8, 4) is 0 Å². The third kappa shape index (κ3) is 185. The predicted molar refractivity (Wildman–Crippen MR) is 514 cm³/mol. The molecule has 2 aliphatic heterocycles. The number of hydrogen-bond acceptors (Lipinski definition) is 13. The van der Waals surface area contributed by atoms with Crippen LogP contribution in [0.3, 0.4) is 0 Å². The molecule has 4 N–H and O–H groups in total. The summed E-state index contributed by atoms with van der Waals surface area (Å²) in [7, 11) is 1.43. The van der Waals surface area contributed by atoms with Crippen LogP contribution >= 0.6 is 0 Å². The lowest BCUT2D eigenvalue weighted by Gasteiger charge is -2.36. The third-order valence-corrected chi connectivity index (χ3v) is 14.1. The van der Waals surface area contributed by atoms with Gasteiger partial charge in [0.2, 0.25) is 0 Å². The number of rotatable bonds is 35. The van der Waals surface area contributed by atoms with Gasteiger partial charge < -0.3 is 35.4 Å². The Balaban J connectivity index is -0.0000000700. The summed E-state index contributed by atoms with van der Waals surface area (Å²) in [6.45, 7) is 109. The summed E-state index contributed by atoms with van der Waals surface area (Å²) in [6.07, 6.45) is 30.1. The van der Waals surface area contributed by atoms with E-state index in [1.807, 2.05) is 13.8 Å². The molecule has 2 saturated heterocycles. The van der Waals surface area contributed by atoms with Gasteiger partial charge >= 0.3 is 5.97 Å².